The molecule has 0 amide bonds. The number of allylic oxidation sites excluding steroid dienone is 1. The lowest BCUT2D eigenvalue weighted by atomic mass is 9.77. The summed E-state index contributed by atoms with van der Waals surface area (Å²) in [5.41, 5.74) is 2.07. The van der Waals surface area contributed by atoms with Gasteiger partial charge in [0.25, 0.3) is 0 Å². The standard InChI is InChI=1S/C18H21NO2/c19-13-15-7-11-17(12-8-15)16-9-5-14(6-10-16)3-1-2-4-18(20)21/h2,4,7-8,11-12,14,16H,1,3,5-6,9-10H2,(H,20,21)/b4-2+/t14-,16-. The maximum atomic E-state index is 10.4. The van der Waals surface area contributed by atoms with Crippen molar-refractivity contribution in [1.29, 1.82) is 5.26 Å². The first-order chi connectivity index (χ1) is 10.2. The average molecular weight is 283 g/mol. The predicted molar refractivity (Wildman–Crippen MR) is 81.9 cm³/mol. The van der Waals surface area contributed by atoms with Crippen LogP contribution in [0.5, 0.6) is 0 Å². The van der Waals surface area contributed by atoms with Crippen LogP contribution in [-0.2, 0) is 4.79 Å². The van der Waals surface area contributed by atoms with Crippen LogP contribution in [0, 0.1) is 17.2 Å². The smallest absolute Gasteiger partial charge is 0.327 e. The van der Waals surface area contributed by atoms with Gasteiger partial charge in [-0.3, -0.25) is 0 Å². The van der Waals surface area contributed by atoms with Crippen molar-refractivity contribution in [1.82, 2.24) is 0 Å². The van der Waals surface area contributed by atoms with Crippen LogP contribution >= 0.6 is 0 Å². The SMILES string of the molecule is N#Cc1ccc([C@H]2CC[C@H](CC/C=C/C(=O)O)CC2)cc1. The molecular formula is C18H21NO2. The van der Waals surface area contributed by atoms with Crippen LogP contribution in [0.4, 0.5) is 0 Å². The van der Waals surface area contributed by atoms with E-state index in [1.54, 1.807) is 6.08 Å². The summed E-state index contributed by atoms with van der Waals surface area (Å²) in [7, 11) is 0. The molecule has 0 atom stereocenters. The van der Waals surface area contributed by atoms with E-state index in [4.69, 9.17) is 10.4 Å². The molecule has 1 aliphatic rings. The molecular weight excluding hydrogens is 262 g/mol. The van der Waals surface area contributed by atoms with E-state index in [0.29, 0.717) is 5.92 Å². The highest BCUT2D eigenvalue weighted by Gasteiger charge is 2.21. The van der Waals surface area contributed by atoms with Crippen LogP contribution in [0.25, 0.3) is 0 Å². The zero-order valence-electron chi connectivity index (χ0n) is 12.2. The third-order valence-corrected chi connectivity index (χ3v) is 4.36. The van der Waals surface area contributed by atoms with Gasteiger partial charge in [-0.25, -0.2) is 4.79 Å². The van der Waals surface area contributed by atoms with Gasteiger partial charge in [-0.05, 0) is 68.1 Å². The molecule has 0 heterocycles. The number of carbonyl (C=O) groups is 1. The van der Waals surface area contributed by atoms with E-state index in [0.717, 1.165) is 24.3 Å². The molecule has 1 aromatic rings. The Morgan fingerprint density at radius 2 is 1.90 bits per heavy atom. The topological polar surface area (TPSA) is 61.1 Å². The number of hydrogen-bond donors (Lipinski definition) is 1. The lowest BCUT2D eigenvalue weighted by Gasteiger charge is -2.28. The summed E-state index contributed by atoms with van der Waals surface area (Å²) in [5.74, 6) is 0.473. The minimum atomic E-state index is -0.862. The van der Waals surface area contributed by atoms with Gasteiger partial charge in [0.1, 0.15) is 0 Å². The summed E-state index contributed by atoms with van der Waals surface area (Å²) in [6, 6.07) is 10.1. The zero-order chi connectivity index (χ0) is 15.1. The Labute approximate surface area is 125 Å². The Kier molecular flexibility index (Phi) is 5.57. The number of hydrogen-bond acceptors (Lipinski definition) is 2. The predicted octanol–water partition coefficient (Wildman–Crippen LogP) is 4.25. The number of carboxylic acids is 1. The van der Waals surface area contributed by atoms with Gasteiger partial charge in [-0.15, -0.1) is 0 Å². The van der Waals surface area contributed by atoms with Gasteiger partial charge in [-0.1, -0.05) is 18.2 Å². The Morgan fingerprint density at radius 3 is 2.48 bits per heavy atom. The Bertz CT molecular complexity index is 531. The molecule has 0 aliphatic heterocycles. The molecule has 0 saturated heterocycles. The minimum Gasteiger partial charge on any atom is -0.478 e. The van der Waals surface area contributed by atoms with Gasteiger partial charge in [0.05, 0.1) is 11.6 Å². The van der Waals surface area contributed by atoms with Crippen LogP contribution in [0.2, 0.25) is 0 Å². The molecule has 0 radical (unpaired) electrons. The minimum absolute atomic E-state index is 0.614. The molecule has 1 aliphatic carbocycles. The van der Waals surface area contributed by atoms with Gasteiger partial charge in [0.2, 0.25) is 0 Å². The Morgan fingerprint density at radius 1 is 1.24 bits per heavy atom. The first kappa shape index (κ1) is 15.3. The third kappa shape index (κ3) is 4.75. The second-order valence-electron chi connectivity index (χ2n) is 5.77. The largest absolute Gasteiger partial charge is 0.478 e. The lowest BCUT2D eigenvalue weighted by Crippen LogP contribution is -2.13. The number of benzene rings is 1. The summed E-state index contributed by atoms with van der Waals surface area (Å²) < 4.78 is 0. The molecule has 1 fully saturated rings. The fourth-order valence-electron chi connectivity index (χ4n) is 3.13. The molecule has 0 bridgehead atoms. The molecule has 1 aromatic carbocycles. The van der Waals surface area contributed by atoms with E-state index in [9.17, 15) is 4.79 Å². The van der Waals surface area contributed by atoms with Crippen molar-refractivity contribution < 1.29 is 9.90 Å². The number of nitriles is 1. The normalized spacial score (nSPS) is 22.0. The molecule has 0 aromatic heterocycles. The third-order valence-electron chi connectivity index (χ3n) is 4.36. The van der Waals surface area contributed by atoms with E-state index >= 15 is 0 Å². The number of carboxylic acid groups (broad SMARTS) is 1. The summed E-state index contributed by atoms with van der Waals surface area (Å²) in [6.45, 7) is 0. The van der Waals surface area contributed by atoms with Crippen molar-refractivity contribution in [3.05, 3.63) is 47.5 Å². The fourth-order valence-corrected chi connectivity index (χ4v) is 3.13. The van der Waals surface area contributed by atoms with Crippen LogP contribution in [0.3, 0.4) is 0 Å². The maximum absolute atomic E-state index is 10.4. The number of rotatable bonds is 5. The average Bonchev–Trinajstić information content (AvgIpc) is 2.52. The first-order valence-corrected chi connectivity index (χ1v) is 7.58. The quantitative estimate of drug-likeness (QED) is 0.821. The van der Waals surface area contributed by atoms with Gasteiger partial charge in [0.15, 0.2) is 0 Å². The number of nitrogens with zero attached hydrogens (tertiary/aromatic N) is 1. The second-order valence-corrected chi connectivity index (χ2v) is 5.77. The summed E-state index contributed by atoms with van der Waals surface area (Å²) in [6.07, 6.45) is 9.76. The number of aliphatic carboxylic acids is 1. The fraction of sp³-hybridized carbons (Fsp3) is 0.444. The molecule has 0 unspecified atom stereocenters. The molecule has 21 heavy (non-hydrogen) atoms. The lowest BCUT2D eigenvalue weighted by molar-refractivity contribution is -0.131. The van der Waals surface area contributed by atoms with Crippen molar-refractivity contribution in [3.8, 4) is 6.07 Å². The van der Waals surface area contributed by atoms with Crippen molar-refractivity contribution in [3.63, 3.8) is 0 Å². The van der Waals surface area contributed by atoms with E-state index < -0.39 is 5.97 Å². The van der Waals surface area contributed by atoms with Crippen LogP contribution in [0.1, 0.15) is 55.6 Å². The van der Waals surface area contributed by atoms with E-state index in [1.807, 2.05) is 12.1 Å². The van der Waals surface area contributed by atoms with E-state index in [-0.39, 0.29) is 0 Å². The van der Waals surface area contributed by atoms with Crippen LogP contribution in [0.15, 0.2) is 36.4 Å². The van der Waals surface area contributed by atoms with Crippen molar-refractivity contribution in [2.75, 3.05) is 0 Å². The van der Waals surface area contributed by atoms with Crippen LogP contribution in [-0.4, -0.2) is 11.1 Å². The van der Waals surface area contributed by atoms with Gasteiger partial charge in [-0.2, -0.15) is 5.26 Å². The molecule has 3 heteroatoms. The van der Waals surface area contributed by atoms with Gasteiger partial charge < -0.3 is 5.11 Å². The zero-order valence-corrected chi connectivity index (χ0v) is 12.2. The molecule has 3 nitrogen and oxygen atoms in total. The monoisotopic (exact) mass is 283 g/mol. The highest BCUT2D eigenvalue weighted by atomic mass is 16.4. The Balaban J connectivity index is 1.77. The van der Waals surface area contributed by atoms with Crippen LogP contribution < -0.4 is 0 Å². The molecule has 0 spiro atoms. The first-order valence-electron chi connectivity index (χ1n) is 7.58. The van der Waals surface area contributed by atoms with Crippen molar-refractivity contribution in [2.45, 2.75) is 44.4 Å². The Hall–Kier alpha value is -2.08. The summed E-state index contributed by atoms with van der Waals surface area (Å²) >= 11 is 0. The summed E-state index contributed by atoms with van der Waals surface area (Å²) in [5, 5.41) is 17.4. The van der Waals surface area contributed by atoms with Crippen molar-refractivity contribution >= 4 is 5.97 Å². The molecule has 110 valence electrons. The molecule has 1 saturated carbocycles. The van der Waals surface area contributed by atoms with E-state index in [2.05, 4.69) is 18.2 Å². The van der Waals surface area contributed by atoms with Gasteiger partial charge >= 0.3 is 5.97 Å². The highest BCUT2D eigenvalue weighted by molar-refractivity contribution is 5.79. The van der Waals surface area contributed by atoms with Crippen molar-refractivity contribution in [2.24, 2.45) is 5.92 Å². The molecule has 1 N–H and O–H groups in total. The summed E-state index contributed by atoms with van der Waals surface area (Å²) in [4.78, 5) is 10.4. The van der Waals surface area contributed by atoms with Gasteiger partial charge in [0, 0.05) is 6.08 Å². The molecule has 2 rings (SSSR count). The maximum Gasteiger partial charge on any atom is 0.327 e. The second kappa shape index (κ2) is 7.64. The van der Waals surface area contributed by atoms with E-state index in [1.165, 1.54) is 37.3 Å². The highest BCUT2D eigenvalue weighted by Crippen LogP contribution is 2.37.